The molecule has 8 heteroatoms. The van der Waals surface area contributed by atoms with E-state index in [1.807, 2.05) is 36.4 Å². The molecule has 0 fully saturated rings. The Bertz CT molecular complexity index is 1380. The lowest BCUT2D eigenvalue weighted by atomic mass is 9.98. The summed E-state index contributed by atoms with van der Waals surface area (Å²) in [6.07, 6.45) is -1.53. The smallest absolute Gasteiger partial charge is 0.407 e. The number of hydrogen-bond donors (Lipinski definition) is 5. The fourth-order valence-corrected chi connectivity index (χ4v) is 4.85. The van der Waals surface area contributed by atoms with Gasteiger partial charge in [-0.05, 0) is 46.4 Å². The van der Waals surface area contributed by atoms with Crippen molar-refractivity contribution in [3.8, 4) is 11.1 Å². The summed E-state index contributed by atoms with van der Waals surface area (Å²) in [6, 6.07) is 21.0. The van der Waals surface area contributed by atoms with E-state index in [1.54, 1.807) is 18.2 Å². The number of aliphatic hydroxyl groups excluding tert-OH is 2. The van der Waals surface area contributed by atoms with Crippen molar-refractivity contribution in [3.05, 3.63) is 95.2 Å². The van der Waals surface area contributed by atoms with Crippen molar-refractivity contribution >= 4 is 23.0 Å². The third-order valence-corrected chi connectivity index (χ3v) is 6.70. The number of aromatic carboxylic acids is 1. The van der Waals surface area contributed by atoms with E-state index in [1.165, 1.54) is 6.20 Å². The molecular weight excluding hydrogens is 460 g/mol. The number of fused-ring (bicyclic) bond motifs is 4. The minimum absolute atomic E-state index is 0.0467. The van der Waals surface area contributed by atoms with Crippen LogP contribution in [0.4, 0.5) is 4.79 Å². The number of carbonyl (C=O) groups excluding carboxylic acids is 1. The predicted molar refractivity (Wildman–Crippen MR) is 134 cm³/mol. The standard InChI is InChI=1S/C28H26N2O6/c31-25(26(32)16-9-10-24-21(13-16)22(14-30-24)27(33)34)11-12-29-28(35)36-15-23-19-7-3-1-5-17(19)18-6-2-4-8-20(18)23/h1-10,13-14,23,25-26,30-32H,11-12,15H2,(H,29,35)(H,33,34). The Morgan fingerprint density at radius 1 is 0.972 bits per heavy atom. The van der Waals surface area contributed by atoms with Crippen LogP contribution in [0.5, 0.6) is 0 Å². The van der Waals surface area contributed by atoms with Crippen LogP contribution < -0.4 is 5.32 Å². The number of carboxylic acid groups (broad SMARTS) is 1. The number of H-pyrrole nitrogens is 1. The van der Waals surface area contributed by atoms with Crippen molar-refractivity contribution in [2.45, 2.75) is 24.5 Å². The van der Waals surface area contributed by atoms with Crippen molar-refractivity contribution in [2.24, 2.45) is 0 Å². The van der Waals surface area contributed by atoms with Crippen LogP contribution in [0.1, 0.15) is 45.5 Å². The monoisotopic (exact) mass is 486 g/mol. The van der Waals surface area contributed by atoms with Gasteiger partial charge in [0.2, 0.25) is 0 Å². The number of carboxylic acids is 1. The normalized spacial score (nSPS) is 14.2. The average Bonchev–Trinajstić information content (AvgIpc) is 3.46. The van der Waals surface area contributed by atoms with Gasteiger partial charge in [-0.1, -0.05) is 54.6 Å². The van der Waals surface area contributed by atoms with Gasteiger partial charge in [0.25, 0.3) is 0 Å². The molecule has 8 nitrogen and oxygen atoms in total. The summed E-state index contributed by atoms with van der Waals surface area (Å²) >= 11 is 0. The van der Waals surface area contributed by atoms with Crippen LogP contribution >= 0.6 is 0 Å². The third-order valence-electron chi connectivity index (χ3n) is 6.70. The SMILES string of the molecule is O=C(NCCC(O)C(O)c1ccc2[nH]cc(C(=O)O)c2c1)OCC1c2ccccc2-c2ccccc21. The van der Waals surface area contributed by atoms with Crippen LogP contribution in [0.15, 0.2) is 72.9 Å². The molecule has 1 aliphatic carbocycles. The molecule has 0 bridgehead atoms. The number of alkyl carbamates (subject to hydrolysis) is 1. The summed E-state index contributed by atoms with van der Waals surface area (Å²) in [6.45, 7) is 0.287. The molecule has 0 saturated heterocycles. The number of benzene rings is 3. The average molecular weight is 487 g/mol. The van der Waals surface area contributed by atoms with Crippen LogP contribution in [0.25, 0.3) is 22.0 Å². The minimum atomic E-state index is -1.24. The Labute approximate surface area is 207 Å². The summed E-state index contributed by atoms with van der Waals surface area (Å²) in [4.78, 5) is 26.6. The number of aliphatic hydroxyl groups is 2. The van der Waals surface area contributed by atoms with Gasteiger partial charge in [0.15, 0.2) is 0 Å². The highest BCUT2D eigenvalue weighted by molar-refractivity contribution is 6.03. The van der Waals surface area contributed by atoms with Crippen LogP contribution in [0.3, 0.4) is 0 Å². The molecule has 3 aromatic carbocycles. The molecule has 0 radical (unpaired) electrons. The van der Waals surface area contributed by atoms with E-state index in [9.17, 15) is 24.9 Å². The molecule has 2 atom stereocenters. The van der Waals surface area contributed by atoms with E-state index in [-0.39, 0.29) is 31.1 Å². The van der Waals surface area contributed by atoms with Crippen molar-refractivity contribution in [1.82, 2.24) is 10.3 Å². The predicted octanol–water partition coefficient (Wildman–Crippen LogP) is 4.19. The van der Waals surface area contributed by atoms with Gasteiger partial charge in [-0.2, -0.15) is 0 Å². The maximum Gasteiger partial charge on any atom is 0.407 e. The number of rotatable bonds is 8. The molecule has 184 valence electrons. The first-order valence-corrected chi connectivity index (χ1v) is 11.7. The van der Waals surface area contributed by atoms with Gasteiger partial charge in [-0.3, -0.25) is 0 Å². The lowest BCUT2D eigenvalue weighted by Gasteiger charge is -2.19. The van der Waals surface area contributed by atoms with Crippen molar-refractivity contribution in [1.29, 1.82) is 0 Å². The maximum absolute atomic E-state index is 12.3. The van der Waals surface area contributed by atoms with Crippen LogP contribution in [-0.4, -0.2) is 51.6 Å². The van der Waals surface area contributed by atoms with E-state index in [0.717, 1.165) is 22.3 Å². The zero-order chi connectivity index (χ0) is 25.2. The molecule has 2 unspecified atom stereocenters. The van der Waals surface area contributed by atoms with E-state index in [0.29, 0.717) is 16.5 Å². The Morgan fingerprint density at radius 3 is 2.31 bits per heavy atom. The van der Waals surface area contributed by atoms with Gasteiger partial charge in [0.05, 0.1) is 11.7 Å². The molecule has 36 heavy (non-hydrogen) atoms. The molecular formula is C28H26N2O6. The fraction of sp³-hybridized carbons (Fsp3) is 0.214. The fourth-order valence-electron chi connectivity index (χ4n) is 4.85. The summed E-state index contributed by atoms with van der Waals surface area (Å²) < 4.78 is 5.49. The summed E-state index contributed by atoms with van der Waals surface area (Å²) in [5.74, 6) is -1.13. The highest BCUT2D eigenvalue weighted by Crippen LogP contribution is 2.44. The number of carbonyl (C=O) groups is 2. The van der Waals surface area contributed by atoms with E-state index >= 15 is 0 Å². The Hall–Kier alpha value is -4.14. The second kappa shape index (κ2) is 9.85. The quantitative estimate of drug-likeness (QED) is 0.254. The molecule has 1 heterocycles. The van der Waals surface area contributed by atoms with Crippen molar-refractivity contribution < 1.29 is 29.6 Å². The van der Waals surface area contributed by atoms with Crippen molar-refractivity contribution in [3.63, 3.8) is 0 Å². The van der Waals surface area contributed by atoms with Crippen LogP contribution in [-0.2, 0) is 4.74 Å². The second-order valence-corrected chi connectivity index (χ2v) is 8.87. The number of hydrogen-bond acceptors (Lipinski definition) is 5. The number of amides is 1. The van der Waals surface area contributed by atoms with Gasteiger partial charge in [0, 0.05) is 29.6 Å². The first-order valence-electron chi connectivity index (χ1n) is 11.7. The van der Waals surface area contributed by atoms with E-state index in [4.69, 9.17) is 4.74 Å². The topological polar surface area (TPSA) is 132 Å². The summed E-state index contributed by atoms with van der Waals surface area (Å²) in [5.41, 5.74) is 5.63. The Kier molecular flexibility index (Phi) is 6.45. The molecule has 4 aromatic rings. The van der Waals surface area contributed by atoms with Gasteiger partial charge in [-0.15, -0.1) is 0 Å². The zero-order valence-corrected chi connectivity index (χ0v) is 19.3. The first-order chi connectivity index (χ1) is 17.4. The Balaban J connectivity index is 1.15. The second-order valence-electron chi connectivity index (χ2n) is 8.87. The van der Waals surface area contributed by atoms with E-state index in [2.05, 4.69) is 22.4 Å². The highest BCUT2D eigenvalue weighted by Gasteiger charge is 2.29. The van der Waals surface area contributed by atoms with Crippen molar-refractivity contribution in [2.75, 3.05) is 13.2 Å². The molecule has 0 spiro atoms. The van der Waals surface area contributed by atoms with Gasteiger partial charge in [-0.25, -0.2) is 9.59 Å². The molecule has 0 aliphatic heterocycles. The number of aromatic nitrogens is 1. The van der Waals surface area contributed by atoms with Gasteiger partial charge < -0.3 is 30.4 Å². The third kappa shape index (κ3) is 4.44. The number of ether oxygens (including phenoxy) is 1. The largest absolute Gasteiger partial charge is 0.478 e. The molecule has 5 rings (SSSR count). The Morgan fingerprint density at radius 2 is 1.64 bits per heavy atom. The lowest BCUT2D eigenvalue weighted by Crippen LogP contribution is -2.30. The molecule has 1 aliphatic rings. The van der Waals surface area contributed by atoms with Gasteiger partial charge in [0.1, 0.15) is 12.7 Å². The zero-order valence-electron chi connectivity index (χ0n) is 19.3. The highest BCUT2D eigenvalue weighted by atomic mass is 16.5. The van der Waals surface area contributed by atoms with Crippen LogP contribution in [0, 0.1) is 0 Å². The van der Waals surface area contributed by atoms with Crippen LogP contribution in [0.2, 0.25) is 0 Å². The molecule has 0 saturated carbocycles. The molecule has 1 amide bonds. The van der Waals surface area contributed by atoms with E-state index < -0.39 is 24.3 Å². The number of aromatic amines is 1. The lowest BCUT2D eigenvalue weighted by molar-refractivity contribution is 0.0137. The summed E-state index contributed by atoms with van der Waals surface area (Å²) in [7, 11) is 0. The molecule has 5 N–H and O–H groups in total. The summed E-state index contributed by atoms with van der Waals surface area (Å²) in [5, 5.41) is 33.4. The minimum Gasteiger partial charge on any atom is -0.478 e. The first kappa shape index (κ1) is 23.6. The molecule has 1 aromatic heterocycles. The number of nitrogens with one attached hydrogen (secondary N) is 2. The van der Waals surface area contributed by atoms with Gasteiger partial charge >= 0.3 is 12.1 Å². The maximum atomic E-state index is 12.3.